The molecule has 11 heteroatoms. The molecule has 4 heterocycles. The summed E-state index contributed by atoms with van der Waals surface area (Å²) in [5.74, 6) is 1.17. The highest BCUT2D eigenvalue weighted by atomic mass is 35.5. The van der Waals surface area contributed by atoms with E-state index < -0.39 is 0 Å². The smallest absolute Gasteiger partial charge is 0.299 e. The van der Waals surface area contributed by atoms with E-state index in [0.717, 1.165) is 11.1 Å². The molecule has 5 rings (SSSR count). The zero-order chi connectivity index (χ0) is 21.7. The number of nitrogens with zero attached hydrogens (tertiary/aromatic N) is 8. The summed E-state index contributed by atoms with van der Waals surface area (Å²) in [5, 5.41) is 21.9. The van der Waals surface area contributed by atoms with Gasteiger partial charge < -0.3 is 4.74 Å². The van der Waals surface area contributed by atoms with Crippen LogP contribution in [0, 0.1) is 13.8 Å². The highest BCUT2D eigenvalue weighted by Crippen LogP contribution is 2.30. The topological polar surface area (TPSA) is 105 Å². The van der Waals surface area contributed by atoms with Gasteiger partial charge >= 0.3 is 0 Å². The molecule has 0 N–H and O–H groups in total. The van der Waals surface area contributed by atoms with Gasteiger partial charge in [0.2, 0.25) is 0 Å². The Balaban J connectivity index is 1.79. The summed E-state index contributed by atoms with van der Waals surface area (Å²) in [7, 11) is 1.60. The number of methoxy groups -OCH3 is 1. The summed E-state index contributed by atoms with van der Waals surface area (Å²) >= 11 is 6.05. The molecule has 1 aromatic carbocycles. The van der Waals surface area contributed by atoms with Crippen LogP contribution in [-0.2, 0) is 11.3 Å². The minimum Gasteiger partial charge on any atom is -0.378 e. The summed E-state index contributed by atoms with van der Waals surface area (Å²) in [6.45, 7) is 3.82. The Bertz CT molecular complexity index is 1480. The monoisotopic (exact) mass is 436 g/mol. The second-order valence-corrected chi connectivity index (χ2v) is 7.44. The Morgan fingerprint density at radius 1 is 1.00 bits per heavy atom. The van der Waals surface area contributed by atoms with Gasteiger partial charge in [0.25, 0.3) is 5.56 Å². The lowest BCUT2D eigenvalue weighted by atomic mass is 10.1. The molecule has 0 saturated carbocycles. The molecule has 0 aliphatic heterocycles. The van der Waals surface area contributed by atoms with Gasteiger partial charge in [-0.15, -0.1) is 20.4 Å². The van der Waals surface area contributed by atoms with Gasteiger partial charge in [-0.05, 0) is 37.6 Å². The van der Waals surface area contributed by atoms with Crippen LogP contribution in [0.4, 0.5) is 0 Å². The van der Waals surface area contributed by atoms with Crippen molar-refractivity contribution < 1.29 is 4.74 Å². The molecule has 0 bridgehead atoms. The van der Waals surface area contributed by atoms with Gasteiger partial charge in [0, 0.05) is 18.3 Å². The van der Waals surface area contributed by atoms with Crippen LogP contribution in [0.3, 0.4) is 0 Å². The molecule has 0 spiro atoms. The first-order valence-corrected chi connectivity index (χ1v) is 9.81. The van der Waals surface area contributed by atoms with E-state index in [2.05, 4.69) is 25.5 Å². The number of benzene rings is 1. The number of hydrogen-bond donors (Lipinski definition) is 0. The molecular weight excluding hydrogens is 420 g/mol. The number of aromatic nitrogens is 8. The normalized spacial score (nSPS) is 11.6. The summed E-state index contributed by atoms with van der Waals surface area (Å²) in [5.41, 5.74) is 3.22. The Morgan fingerprint density at radius 3 is 2.39 bits per heavy atom. The third kappa shape index (κ3) is 2.99. The van der Waals surface area contributed by atoms with Crippen LogP contribution >= 0.6 is 11.6 Å². The number of aryl methyl sites for hydroxylation is 2. The first-order valence-electron chi connectivity index (χ1n) is 9.43. The van der Waals surface area contributed by atoms with E-state index in [9.17, 15) is 4.79 Å². The van der Waals surface area contributed by atoms with Gasteiger partial charge in [0.05, 0.1) is 17.9 Å². The van der Waals surface area contributed by atoms with Crippen molar-refractivity contribution in [1.82, 2.24) is 39.4 Å². The Morgan fingerprint density at radius 2 is 1.71 bits per heavy atom. The van der Waals surface area contributed by atoms with Crippen molar-refractivity contribution in [3.8, 4) is 11.1 Å². The molecule has 0 saturated heterocycles. The molecule has 10 nitrogen and oxygen atoms in total. The fourth-order valence-electron chi connectivity index (χ4n) is 3.66. The van der Waals surface area contributed by atoms with E-state index in [0.29, 0.717) is 33.5 Å². The Labute approximate surface area is 180 Å². The molecule has 4 aromatic heterocycles. The van der Waals surface area contributed by atoms with E-state index in [-0.39, 0.29) is 17.7 Å². The van der Waals surface area contributed by atoms with Gasteiger partial charge in [-0.3, -0.25) is 4.79 Å². The zero-order valence-corrected chi connectivity index (χ0v) is 17.7. The minimum absolute atomic E-state index is 0.177. The zero-order valence-electron chi connectivity index (χ0n) is 16.9. The minimum atomic E-state index is -0.352. The lowest BCUT2D eigenvalue weighted by molar-refractivity contribution is 0.181. The number of pyridine rings is 1. The van der Waals surface area contributed by atoms with Crippen molar-refractivity contribution in [3.63, 3.8) is 0 Å². The van der Waals surface area contributed by atoms with Crippen molar-refractivity contribution in [2.45, 2.75) is 20.5 Å². The predicted molar refractivity (Wildman–Crippen MR) is 114 cm³/mol. The summed E-state index contributed by atoms with van der Waals surface area (Å²) in [6.07, 6.45) is 1.65. The molecule has 0 radical (unpaired) electrons. The summed E-state index contributed by atoms with van der Waals surface area (Å²) in [6, 6.07) is 9.15. The van der Waals surface area contributed by atoms with Crippen LogP contribution in [0.1, 0.15) is 17.3 Å². The standard InChI is InChI=1S/C20H17ClN8O2/c1-11-22-23-12(2)29(11)27-9-8-16-18(20(27)30)24-25-19-17(13-4-6-14(21)7-5-13)15(10-31-3)26-28(16)19/h4-9H,10H2,1-3H3. The number of hydrogen-bond acceptors (Lipinski definition) is 7. The second-order valence-electron chi connectivity index (χ2n) is 7.00. The number of halogens is 1. The van der Waals surface area contributed by atoms with Crippen LogP contribution in [0.25, 0.3) is 27.8 Å². The molecule has 31 heavy (non-hydrogen) atoms. The molecule has 0 unspecified atom stereocenters. The molecule has 0 atom stereocenters. The molecular formula is C20H17ClN8O2. The summed E-state index contributed by atoms with van der Waals surface area (Å²) in [4.78, 5) is 13.2. The third-order valence-electron chi connectivity index (χ3n) is 5.02. The maximum absolute atomic E-state index is 13.2. The molecule has 5 aromatic rings. The van der Waals surface area contributed by atoms with Crippen molar-refractivity contribution in [2.75, 3.05) is 7.11 Å². The maximum atomic E-state index is 13.2. The predicted octanol–water partition coefficient (Wildman–Crippen LogP) is 2.43. The van der Waals surface area contributed by atoms with Crippen LogP contribution < -0.4 is 5.56 Å². The quantitative estimate of drug-likeness (QED) is 0.426. The molecule has 0 amide bonds. The fraction of sp³-hybridized carbons (Fsp3) is 0.200. The van der Waals surface area contributed by atoms with Gasteiger partial charge in [-0.2, -0.15) is 5.10 Å². The van der Waals surface area contributed by atoms with E-state index in [1.807, 2.05) is 12.1 Å². The highest BCUT2D eigenvalue weighted by Gasteiger charge is 2.20. The third-order valence-corrected chi connectivity index (χ3v) is 5.27. The van der Waals surface area contributed by atoms with Crippen LogP contribution in [0.15, 0.2) is 41.3 Å². The van der Waals surface area contributed by atoms with Crippen LogP contribution in [-0.4, -0.2) is 46.5 Å². The van der Waals surface area contributed by atoms with E-state index in [1.165, 1.54) is 4.68 Å². The van der Waals surface area contributed by atoms with Crippen molar-refractivity contribution in [2.24, 2.45) is 0 Å². The first-order chi connectivity index (χ1) is 15.0. The lowest BCUT2D eigenvalue weighted by Gasteiger charge is -2.10. The number of ether oxygens (including phenoxy) is 1. The highest BCUT2D eigenvalue weighted by molar-refractivity contribution is 6.30. The van der Waals surface area contributed by atoms with E-state index in [4.69, 9.17) is 16.3 Å². The molecule has 0 aliphatic rings. The van der Waals surface area contributed by atoms with Crippen LogP contribution in [0.2, 0.25) is 5.02 Å². The average molecular weight is 437 g/mol. The second kappa shape index (κ2) is 7.25. The van der Waals surface area contributed by atoms with Crippen molar-refractivity contribution in [1.29, 1.82) is 0 Å². The molecule has 0 fully saturated rings. The van der Waals surface area contributed by atoms with Gasteiger partial charge in [0.15, 0.2) is 11.2 Å². The Hall–Kier alpha value is -3.63. The van der Waals surface area contributed by atoms with Crippen LogP contribution in [0.5, 0.6) is 0 Å². The van der Waals surface area contributed by atoms with Gasteiger partial charge in [0.1, 0.15) is 17.2 Å². The Kier molecular flexibility index (Phi) is 4.53. The summed E-state index contributed by atoms with van der Waals surface area (Å²) < 4.78 is 9.99. The molecule has 156 valence electrons. The van der Waals surface area contributed by atoms with Crippen molar-refractivity contribution in [3.05, 3.63) is 69.2 Å². The number of rotatable bonds is 4. The van der Waals surface area contributed by atoms with E-state index in [1.54, 1.807) is 54.5 Å². The lowest BCUT2D eigenvalue weighted by Crippen LogP contribution is -2.28. The van der Waals surface area contributed by atoms with E-state index >= 15 is 0 Å². The van der Waals surface area contributed by atoms with Gasteiger partial charge in [-0.1, -0.05) is 23.7 Å². The fourth-order valence-corrected chi connectivity index (χ4v) is 3.79. The largest absolute Gasteiger partial charge is 0.378 e. The molecule has 0 aliphatic carbocycles. The SMILES string of the molecule is COCc1nn2c(nnc3c(=O)n(-n4c(C)nnc4C)ccc32)c1-c1ccc(Cl)cc1. The average Bonchev–Trinajstić information content (AvgIpc) is 3.29. The first kappa shape index (κ1) is 19.3. The van der Waals surface area contributed by atoms with Gasteiger partial charge in [-0.25, -0.2) is 13.9 Å². The maximum Gasteiger partial charge on any atom is 0.299 e. The number of fused-ring (bicyclic) bond motifs is 3. The van der Waals surface area contributed by atoms with Crippen molar-refractivity contribution >= 4 is 28.3 Å².